The quantitative estimate of drug-likeness (QED) is 0.359. The highest BCUT2D eigenvalue weighted by Crippen LogP contribution is 0.868. The van der Waals surface area contributed by atoms with Crippen LogP contribution in [-0.2, 0) is 0 Å². The van der Waals surface area contributed by atoms with E-state index in [2.05, 4.69) is 52.6 Å². The summed E-state index contributed by atoms with van der Waals surface area (Å²) in [7, 11) is 0. The molecule has 0 aromatic rings. The van der Waals surface area contributed by atoms with E-state index in [0.717, 1.165) is 0 Å². The standard InChI is InChI=1S/4C2H4.H4Si/c4*1-2;/h4*1-2H2;1H4. The summed E-state index contributed by atoms with van der Waals surface area (Å²) >= 11 is 0. The molecular formula is C8H20Si. The van der Waals surface area contributed by atoms with E-state index in [0.29, 0.717) is 0 Å². The summed E-state index contributed by atoms with van der Waals surface area (Å²) in [5.41, 5.74) is 0. The summed E-state index contributed by atoms with van der Waals surface area (Å²) in [5.74, 6) is 0. The van der Waals surface area contributed by atoms with Crippen molar-refractivity contribution in [1.82, 2.24) is 0 Å². The Labute approximate surface area is 64.3 Å². The minimum Gasteiger partial charge on any atom is -0.106 e. The maximum absolute atomic E-state index is 3.00. The maximum atomic E-state index is 3.00. The highest BCUT2D eigenvalue weighted by atomic mass is 28.1. The van der Waals surface area contributed by atoms with Crippen LogP contribution in [0.1, 0.15) is 0 Å². The van der Waals surface area contributed by atoms with Crippen molar-refractivity contribution >= 4 is 11.0 Å². The maximum Gasteiger partial charge on any atom is -0.0149 e. The van der Waals surface area contributed by atoms with Crippen LogP contribution in [0.15, 0.2) is 52.6 Å². The van der Waals surface area contributed by atoms with E-state index in [4.69, 9.17) is 0 Å². The van der Waals surface area contributed by atoms with Crippen molar-refractivity contribution in [3.63, 3.8) is 0 Å². The van der Waals surface area contributed by atoms with Crippen LogP contribution in [0, 0.1) is 0 Å². The lowest BCUT2D eigenvalue weighted by Gasteiger charge is -0.813. The van der Waals surface area contributed by atoms with Crippen molar-refractivity contribution in [3.8, 4) is 0 Å². The van der Waals surface area contributed by atoms with Crippen LogP contribution in [-0.4, -0.2) is 11.0 Å². The molecule has 0 amide bonds. The predicted molar refractivity (Wildman–Crippen MR) is 56.4 cm³/mol. The lowest BCUT2D eigenvalue weighted by Crippen LogP contribution is -0.552. The molecule has 0 atom stereocenters. The number of hydrogen-bond acceptors (Lipinski definition) is 0. The molecule has 0 aliphatic rings. The Balaban J connectivity index is -0.00000000762. The van der Waals surface area contributed by atoms with Crippen LogP contribution in [0.3, 0.4) is 0 Å². The topological polar surface area (TPSA) is 0 Å². The van der Waals surface area contributed by atoms with E-state index in [-0.39, 0.29) is 11.0 Å². The van der Waals surface area contributed by atoms with Crippen molar-refractivity contribution in [2.75, 3.05) is 0 Å². The second-order valence-corrected chi connectivity index (χ2v) is 0. The Morgan fingerprint density at radius 3 is 0.333 bits per heavy atom. The molecule has 0 rings (SSSR count). The van der Waals surface area contributed by atoms with Gasteiger partial charge in [0, 0.05) is 0 Å². The van der Waals surface area contributed by atoms with Crippen molar-refractivity contribution in [3.05, 3.63) is 52.6 Å². The largest absolute Gasteiger partial charge is 0.106 e. The van der Waals surface area contributed by atoms with Crippen molar-refractivity contribution in [2.45, 2.75) is 0 Å². The molecule has 1 heteroatoms. The van der Waals surface area contributed by atoms with Crippen molar-refractivity contribution < 1.29 is 0 Å². The van der Waals surface area contributed by atoms with Gasteiger partial charge in [-0.25, -0.2) is 0 Å². The molecule has 9 heavy (non-hydrogen) atoms. The molecule has 56 valence electrons. The van der Waals surface area contributed by atoms with Gasteiger partial charge in [0.25, 0.3) is 0 Å². The third-order valence-corrected chi connectivity index (χ3v) is 0. The van der Waals surface area contributed by atoms with Gasteiger partial charge < -0.3 is 0 Å². The van der Waals surface area contributed by atoms with E-state index < -0.39 is 0 Å². The fraction of sp³-hybridized carbons (Fsp3) is 0. The Morgan fingerprint density at radius 1 is 0.333 bits per heavy atom. The highest BCUT2D eigenvalue weighted by molar-refractivity contribution is 5.75. The molecule has 0 nitrogen and oxygen atoms in total. The summed E-state index contributed by atoms with van der Waals surface area (Å²) in [5, 5.41) is 0. The van der Waals surface area contributed by atoms with Gasteiger partial charge in [-0.1, -0.05) is 0 Å². The molecule has 0 aromatic heterocycles. The number of hydrogen-bond donors (Lipinski definition) is 0. The average molecular weight is 144 g/mol. The molecule has 0 aliphatic carbocycles. The normalized spacial score (nSPS) is 1.78. The molecule has 0 bridgehead atoms. The summed E-state index contributed by atoms with van der Waals surface area (Å²) < 4.78 is 0. The Morgan fingerprint density at radius 2 is 0.333 bits per heavy atom. The highest BCUT2D eigenvalue weighted by Gasteiger charge is 0.607. The number of rotatable bonds is 0. The smallest absolute Gasteiger partial charge is 0.0149 e. The Hall–Kier alpha value is -0.823. The zero-order chi connectivity index (χ0) is 8.00. The second-order valence-electron chi connectivity index (χ2n) is 0. The second kappa shape index (κ2) is 404. The summed E-state index contributed by atoms with van der Waals surface area (Å²) in [6.07, 6.45) is 0. The monoisotopic (exact) mass is 144 g/mol. The minimum atomic E-state index is 0. The fourth-order valence-electron chi connectivity index (χ4n) is 0. The van der Waals surface area contributed by atoms with Gasteiger partial charge in [-0.15, -0.1) is 52.6 Å². The molecular weight excluding hydrogens is 124 g/mol. The predicted octanol–water partition coefficient (Wildman–Crippen LogP) is 1.76. The van der Waals surface area contributed by atoms with E-state index >= 15 is 0 Å². The van der Waals surface area contributed by atoms with Crippen molar-refractivity contribution in [1.29, 1.82) is 0 Å². The van der Waals surface area contributed by atoms with Gasteiger partial charge in [0.15, 0.2) is 0 Å². The molecule has 0 spiro atoms. The van der Waals surface area contributed by atoms with Gasteiger partial charge in [-0.2, -0.15) is 0 Å². The van der Waals surface area contributed by atoms with Gasteiger partial charge in [0.2, 0.25) is 0 Å². The lowest BCUT2D eigenvalue weighted by molar-refractivity contribution is 2.81. The van der Waals surface area contributed by atoms with E-state index in [9.17, 15) is 0 Å². The molecule has 0 saturated heterocycles. The molecule has 0 unspecified atom stereocenters. The van der Waals surface area contributed by atoms with Gasteiger partial charge in [0.1, 0.15) is 0 Å². The molecule has 0 saturated carbocycles. The minimum absolute atomic E-state index is 0. The fourth-order valence-corrected chi connectivity index (χ4v) is 0. The van der Waals surface area contributed by atoms with Gasteiger partial charge >= 0.3 is 0 Å². The Kier molecular flexibility index (Phi) is 1870. The molecule has 0 aromatic carbocycles. The average Bonchev–Trinajstić information content (AvgIpc) is 2.03. The molecule has 0 heterocycles. The first-order valence-corrected chi connectivity index (χ1v) is 2.00. The third kappa shape index (κ3) is 284. The first-order valence-electron chi connectivity index (χ1n) is 2.00. The van der Waals surface area contributed by atoms with E-state index in [1.807, 2.05) is 0 Å². The summed E-state index contributed by atoms with van der Waals surface area (Å²) in [4.78, 5) is 0. The molecule has 0 radical (unpaired) electrons. The lowest BCUT2D eigenvalue weighted by atomic mass is 11.3. The summed E-state index contributed by atoms with van der Waals surface area (Å²) in [6.45, 7) is 24.0. The molecule has 0 fully saturated rings. The van der Waals surface area contributed by atoms with Crippen LogP contribution in [0.25, 0.3) is 0 Å². The first-order chi connectivity index (χ1) is 4.00. The third-order valence-electron chi connectivity index (χ3n) is 0. The van der Waals surface area contributed by atoms with Gasteiger partial charge in [-0.3, -0.25) is 0 Å². The van der Waals surface area contributed by atoms with E-state index in [1.165, 1.54) is 0 Å². The molecule has 0 N–H and O–H groups in total. The van der Waals surface area contributed by atoms with Gasteiger partial charge in [-0.05, 0) is 11.0 Å². The molecule has 0 aliphatic heterocycles. The van der Waals surface area contributed by atoms with Crippen LogP contribution >= 0.6 is 0 Å². The van der Waals surface area contributed by atoms with Gasteiger partial charge in [0.05, 0.1) is 0 Å². The van der Waals surface area contributed by atoms with E-state index in [1.54, 1.807) is 0 Å². The zero-order valence-corrected chi connectivity index (χ0v) is 5.66. The van der Waals surface area contributed by atoms with Crippen LogP contribution in [0.5, 0.6) is 0 Å². The Bertz CT molecular complexity index is 12.5. The van der Waals surface area contributed by atoms with Crippen LogP contribution in [0.2, 0.25) is 0 Å². The zero-order valence-electron chi connectivity index (χ0n) is 5.66. The van der Waals surface area contributed by atoms with Crippen LogP contribution in [0.4, 0.5) is 0 Å². The van der Waals surface area contributed by atoms with Crippen molar-refractivity contribution in [2.24, 2.45) is 0 Å². The SMILES string of the molecule is C=C.C=C.C=C.C=C.[SiH4]. The van der Waals surface area contributed by atoms with Crippen LogP contribution < -0.4 is 0 Å². The summed E-state index contributed by atoms with van der Waals surface area (Å²) in [6, 6.07) is 0. The first kappa shape index (κ1) is 41.7.